The molecule has 2 aromatic heterocycles. The molecule has 1 amide bonds. The average molecular weight is 475 g/mol. The molecule has 0 N–H and O–H groups in total. The summed E-state index contributed by atoms with van der Waals surface area (Å²) < 4.78 is 28.4. The molecule has 35 heavy (non-hydrogen) atoms. The van der Waals surface area contributed by atoms with Crippen LogP contribution in [0.3, 0.4) is 0 Å². The number of piperazine rings is 1. The second kappa shape index (κ2) is 9.61. The standard InChI is InChI=1S/C26H24F2N6O/c1-18-10-11-29-23(16-18)32-12-14-33(15-13-32)24(35)17-34-26(20-4-8-22(28)9-5-20)30-25(31-34)19-2-6-21(27)7-3-19/h2-11,16H,12-15,17H2,1H3. The van der Waals surface area contributed by atoms with Crippen molar-refractivity contribution in [3.63, 3.8) is 0 Å². The van der Waals surface area contributed by atoms with E-state index in [9.17, 15) is 13.6 Å². The molecule has 178 valence electrons. The van der Waals surface area contributed by atoms with Crippen LogP contribution in [0.5, 0.6) is 0 Å². The predicted octanol–water partition coefficient (Wildman–Crippen LogP) is 3.94. The van der Waals surface area contributed by atoms with Crippen molar-refractivity contribution in [3.05, 3.63) is 84.1 Å². The zero-order chi connectivity index (χ0) is 24.4. The summed E-state index contributed by atoms with van der Waals surface area (Å²) in [6.45, 7) is 4.53. The first-order chi connectivity index (χ1) is 17.0. The van der Waals surface area contributed by atoms with Crippen LogP contribution in [0.25, 0.3) is 22.8 Å². The third kappa shape index (κ3) is 5.03. The van der Waals surface area contributed by atoms with Crippen molar-refractivity contribution in [1.82, 2.24) is 24.6 Å². The Labute approximate surface area is 201 Å². The molecule has 1 aliphatic rings. The summed E-state index contributed by atoms with van der Waals surface area (Å²) in [7, 11) is 0. The average Bonchev–Trinajstić information content (AvgIpc) is 3.28. The summed E-state index contributed by atoms with van der Waals surface area (Å²) >= 11 is 0. The van der Waals surface area contributed by atoms with Crippen LogP contribution in [0, 0.1) is 18.6 Å². The number of hydrogen-bond acceptors (Lipinski definition) is 5. The van der Waals surface area contributed by atoms with Gasteiger partial charge in [-0.15, -0.1) is 5.10 Å². The lowest BCUT2D eigenvalue weighted by atomic mass is 10.2. The first kappa shape index (κ1) is 22.6. The SMILES string of the molecule is Cc1ccnc(N2CCN(C(=O)Cn3nc(-c4ccc(F)cc4)nc3-c3ccc(F)cc3)CC2)c1. The Morgan fingerprint density at radius 3 is 2.14 bits per heavy atom. The fourth-order valence-electron chi connectivity index (χ4n) is 4.09. The minimum absolute atomic E-state index is 0.0103. The molecule has 9 heteroatoms. The van der Waals surface area contributed by atoms with Gasteiger partial charge in [0.05, 0.1) is 0 Å². The van der Waals surface area contributed by atoms with Crippen LogP contribution in [0.15, 0.2) is 66.9 Å². The molecule has 0 spiro atoms. The van der Waals surface area contributed by atoms with Gasteiger partial charge in [-0.25, -0.2) is 23.4 Å². The number of carbonyl (C=O) groups is 1. The van der Waals surface area contributed by atoms with E-state index in [1.807, 2.05) is 19.1 Å². The van der Waals surface area contributed by atoms with Crippen LogP contribution in [-0.2, 0) is 11.3 Å². The Bertz CT molecular complexity index is 1330. The van der Waals surface area contributed by atoms with Crippen LogP contribution in [0.4, 0.5) is 14.6 Å². The number of pyridine rings is 1. The molecular formula is C26H24F2N6O. The van der Waals surface area contributed by atoms with Gasteiger partial charge in [0.1, 0.15) is 24.0 Å². The van der Waals surface area contributed by atoms with Crippen molar-refractivity contribution in [2.45, 2.75) is 13.5 Å². The van der Waals surface area contributed by atoms with E-state index in [1.54, 1.807) is 35.4 Å². The van der Waals surface area contributed by atoms with E-state index < -0.39 is 0 Å². The highest BCUT2D eigenvalue weighted by atomic mass is 19.1. The summed E-state index contributed by atoms with van der Waals surface area (Å²) in [6, 6.07) is 15.7. The Kier molecular flexibility index (Phi) is 6.22. The fourth-order valence-corrected chi connectivity index (χ4v) is 4.09. The van der Waals surface area contributed by atoms with Gasteiger partial charge >= 0.3 is 0 Å². The summed E-state index contributed by atoms with van der Waals surface area (Å²) in [5.74, 6) is 0.919. The maximum Gasteiger partial charge on any atom is 0.244 e. The summed E-state index contributed by atoms with van der Waals surface area (Å²) in [6.07, 6.45) is 1.79. The van der Waals surface area contributed by atoms with Crippen molar-refractivity contribution in [3.8, 4) is 22.8 Å². The number of amides is 1. The molecule has 4 aromatic rings. The maximum absolute atomic E-state index is 13.5. The molecule has 2 aromatic carbocycles. The molecule has 0 bridgehead atoms. The normalized spacial score (nSPS) is 13.8. The lowest BCUT2D eigenvalue weighted by molar-refractivity contribution is -0.132. The van der Waals surface area contributed by atoms with Crippen LogP contribution < -0.4 is 4.90 Å². The molecular weight excluding hydrogens is 450 g/mol. The number of anilines is 1. The monoisotopic (exact) mass is 474 g/mol. The van der Waals surface area contributed by atoms with Crippen molar-refractivity contribution in [2.75, 3.05) is 31.1 Å². The van der Waals surface area contributed by atoms with Gasteiger partial charge in [0.15, 0.2) is 11.6 Å². The first-order valence-electron chi connectivity index (χ1n) is 11.4. The van der Waals surface area contributed by atoms with Crippen molar-refractivity contribution in [1.29, 1.82) is 0 Å². The van der Waals surface area contributed by atoms with Gasteiger partial charge in [-0.2, -0.15) is 0 Å². The Morgan fingerprint density at radius 2 is 1.51 bits per heavy atom. The Morgan fingerprint density at radius 1 is 0.886 bits per heavy atom. The third-order valence-corrected chi connectivity index (χ3v) is 6.02. The summed E-state index contributed by atoms with van der Waals surface area (Å²) in [4.78, 5) is 26.2. The van der Waals surface area contributed by atoms with Crippen molar-refractivity contribution < 1.29 is 13.6 Å². The molecule has 0 saturated carbocycles. The largest absolute Gasteiger partial charge is 0.353 e. The number of carbonyl (C=O) groups excluding carboxylic acids is 1. The zero-order valence-electron chi connectivity index (χ0n) is 19.2. The first-order valence-corrected chi connectivity index (χ1v) is 11.4. The van der Waals surface area contributed by atoms with Gasteiger partial charge in [-0.1, -0.05) is 0 Å². The number of rotatable bonds is 5. The zero-order valence-corrected chi connectivity index (χ0v) is 19.2. The lowest BCUT2D eigenvalue weighted by Gasteiger charge is -2.35. The van der Waals surface area contributed by atoms with Crippen LogP contribution in [0.1, 0.15) is 5.56 Å². The number of hydrogen-bond donors (Lipinski definition) is 0. The molecule has 0 atom stereocenters. The molecule has 1 fully saturated rings. The molecule has 5 rings (SSSR count). The fraction of sp³-hybridized carbons (Fsp3) is 0.231. The minimum Gasteiger partial charge on any atom is -0.353 e. The third-order valence-electron chi connectivity index (χ3n) is 6.02. The van der Waals surface area contributed by atoms with Gasteiger partial charge in [0.25, 0.3) is 0 Å². The molecule has 0 aliphatic carbocycles. The van der Waals surface area contributed by atoms with Gasteiger partial charge < -0.3 is 9.80 Å². The van der Waals surface area contributed by atoms with Crippen molar-refractivity contribution in [2.24, 2.45) is 0 Å². The van der Waals surface area contributed by atoms with Crippen LogP contribution in [-0.4, -0.2) is 56.7 Å². The van der Waals surface area contributed by atoms with E-state index in [2.05, 4.69) is 20.0 Å². The smallest absolute Gasteiger partial charge is 0.244 e. The van der Waals surface area contributed by atoms with E-state index in [0.717, 1.165) is 11.4 Å². The highest BCUT2D eigenvalue weighted by Crippen LogP contribution is 2.24. The topological polar surface area (TPSA) is 67.2 Å². The number of aryl methyl sites for hydroxylation is 1. The van der Waals surface area contributed by atoms with Gasteiger partial charge in [0.2, 0.25) is 5.91 Å². The second-order valence-electron chi connectivity index (χ2n) is 8.49. The van der Waals surface area contributed by atoms with Gasteiger partial charge in [-0.05, 0) is 73.2 Å². The molecule has 0 radical (unpaired) electrons. The van der Waals surface area contributed by atoms with E-state index in [0.29, 0.717) is 49.0 Å². The highest BCUT2D eigenvalue weighted by molar-refractivity contribution is 5.77. The Balaban J connectivity index is 1.35. The van der Waals surface area contributed by atoms with Crippen LogP contribution >= 0.6 is 0 Å². The van der Waals surface area contributed by atoms with E-state index in [4.69, 9.17) is 0 Å². The molecule has 0 unspecified atom stereocenters. The summed E-state index contributed by atoms with van der Waals surface area (Å²) in [5, 5.41) is 4.54. The van der Waals surface area contributed by atoms with E-state index in [1.165, 1.54) is 28.9 Å². The maximum atomic E-state index is 13.5. The minimum atomic E-state index is -0.365. The number of aromatic nitrogens is 4. The number of benzene rings is 2. The molecule has 1 saturated heterocycles. The lowest BCUT2D eigenvalue weighted by Crippen LogP contribution is -2.50. The molecule has 3 heterocycles. The number of halogens is 2. The molecule has 7 nitrogen and oxygen atoms in total. The van der Waals surface area contributed by atoms with Crippen LogP contribution in [0.2, 0.25) is 0 Å². The second-order valence-corrected chi connectivity index (χ2v) is 8.49. The highest BCUT2D eigenvalue weighted by Gasteiger charge is 2.24. The predicted molar refractivity (Wildman–Crippen MR) is 129 cm³/mol. The van der Waals surface area contributed by atoms with Gasteiger partial charge in [0, 0.05) is 43.5 Å². The quantitative estimate of drug-likeness (QED) is 0.438. The summed E-state index contributed by atoms with van der Waals surface area (Å²) in [5.41, 5.74) is 2.40. The van der Waals surface area contributed by atoms with Crippen molar-refractivity contribution >= 4 is 11.7 Å². The molecule has 1 aliphatic heterocycles. The van der Waals surface area contributed by atoms with E-state index >= 15 is 0 Å². The van der Waals surface area contributed by atoms with E-state index in [-0.39, 0.29) is 24.1 Å². The number of nitrogens with zero attached hydrogens (tertiary/aromatic N) is 6. The van der Waals surface area contributed by atoms with Gasteiger partial charge in [-0.3, -0.25) is 4.79 Å². The Hall–Kier alpha value is -4.14.